The molecule has 0 saturated heterocycles. The van der Waals surface area contributed by atoms with E-state index in [4.69, 9.17) is 9.94 Å². The van der Waals surface area contributed by atoms with Gasteiger partial charge in [-0.1, -0.05) is 5.16 Å². The van der Waals surface area contributed by atoms with Crippen molar-refractivity contribution in [3.8, 4) is 5.75 Å². The van der Waals surface area contributed by atoms with E-state index < -0.39 is 0 Å². The Balaban J connectivity index is 1.77. The Kier molecular flexibility index (Phi) is 4.55. The lowest BCUT2D eigenvalue weighted by Gasteiger charge is -2.07. The molecule has 5 heteroatoms. The smallest absolute Gasteiger partial charge is 0.119 e. The van der Waals surface area contributed by atoms with Gasteiger partial charge in [0.25, 0.3) is 0 Å². The lowest BCUT2D eigenvalue weighted by Crippen LogP contribution is -2.03. The Morgan fingerprint density at radius 1 is 1.37 bits per heavy atom. The van der Waals surface area contributed by atoms with Gasteiger partial charge in [-0.3, -0.25) is 0 Å². The van der Waals surface area contributed by atoms with E-state index in [-0.39, 0.29) is 0 Å². The summed E-state index contributed by atoms with van der Waals surface area (Å²) in [4.78, 5) is 3.98. The summed E-state index contributed by atoms with van der Waals surface area (Å²) in [6.45, 7) is 3.31. The minimum atomic E-state index is 0.589. The molecule has 2 aromatic rings. The fourth-order valence-electron chi connectivity index (χ4n) is 1.71. The first-order chi connectivity index (χ1) is 9.29. The maximum Gasteiger partial charge on any atom is 0.119 e. The van der Waals surface area contributed by atoms with Crippen LogP contribution in [0.4, 0.5) is 0 Å². The highest BCUT2D eigenvalue weighted by atomic mass is 16.5. The van der Waals surface area contributed by atoms with Crippen molar-refractivity contribution in [3.63, 3.8) is 0 Å². The van der Waals surface area contributed by atoms with Crippen molar-refractivity contribution in [1.82, 2.24) is 9.55 Å². The van der Waals surface area contributed by atoms with E-state index in [0.717, 1.165) is 24.3 Å². The molecule has 0 amide bonds. The van der Waals surface area contributed by atoms with Gasteiger partial charge in [-0.2, -0.15) is 0 Å². The summed E-state index contributed by atoms with van der Waals surface area (Å²) in [5.41, 5.74) is 1.47. The molecular formula is C14H17N3O2. The van der Waals surface area contributed by atoms with Crippen LogP contribution in [0.25, 0.3) is 0 Å². The molecule has 5 nitrogen and oxygen atoms in total. The quantitative estimate of drug-likeness (QED) is 0.375. The van der Waals surface area contributed by atoms with E-state index in [1.807, 2.05) is 35.0 Å². The minimum absolute atomic E-state index is 0.589. The predicted octanol–water partition coefficient (Wildman–Crippen LogP) is 2.55. The number of ether oxygens (including phenoxy) is 1. The average molecular weight is 259 g/mol. The number of nitrogens with zero attached hydrogens (tertiary/aromatic N) is 3. The van der Waals surface area contributed by atoms with Gasteiger partial charge in [0.2, 0.25) is 0 Å². The highest BCUT2D eigenvalue weighted by molar-refractivity contribution is 5.98. The average Bonchev–Trinajstić information content (AvgIpc) is 2.96. The SMILES string of the molecule is CC(=NO)c1ccc(OCCCn2ccnc2)cc1. The van der Waals surface area contributed by atoms with Gasteiger partial charge in [-0.25, -0.2) is 4.98 Å². The number of aromatic nitrogens is 2. The summed E-state index contributed by atoms with van der Waals surface area (Å²) in [6, 6.07) is 7.50. The van der Waals surface area contributed by atoms with Crippen LogP contribution in [0.3, 0.4) is 0 Å². The van der Waals surface area contributed by atoms with Crippen LogP contribution in [0.2, 0.25) is 0 Å². The van der Waals surface area contributed by atoms with Gasteiger partial charge in [0.05, 0.1) is 18.6 Å². The first-order valence-corrected chi connectivity index (χ1v) is 6.17. The Labute approximate surface area is 112 Å². The summed E-state index contributed by atoms with van der Waals surface area (Å²) < 4.78 is 7.66. The lowest BCUT2D eigenvalue weighted by atomic mass is 10.1. The summed E-state index contributed by atoms with van der Waals surface area (Å²) >= 11 is 0. The number of benzene rings is 1. The van der Waals surface area contributed by atoms with Gasteiger partial charge in [0, 0.05) is 18.9 Å². The van der Waals surface area contributed by atoms with Crippen molar-refractivity contribution in [2.45, 2.75) is 19.9 Å². The standard InChI is InChI=1S/C14H17N3O2/c1-12(16-18)13-3-5-14(6-4-13)19-10-2-8-17-9-7-15-11-17/h3-7,9,11,18H,2,8,10H2,1H3. The van der Waals surface area contributed by atoms with E-state index >= 15 is 0 Å². The van der Waals surface area contributed by atoms with Crippen LogP contribution in [0.15, 0.2) is 48.1 Å². The summed E-state index contributed by atoms with van der Waals surface area (Å²) in [7, 11) is 0. The van der Waals surface area contributed by atoms with Gasteiger partial charge in [-0.15, -0.1) is 0 Å². The fraction of sp³-hybridized carbons (Fsp3) is 0.286. The molecule has 1 N–H and O–H groups in total. The van der Waals surface area contributed by atoms with Crippen LogP contribution in [-0.4, -0.2) is 27.1 Å². The number of aryl methyl sites for hydroxylation is 1. The van der Waals surface area contributed by atoms with Crippen LogP contribution < -0.4 is 4.74 Å². The first-order valence-electron chi connectivity index (χ1n) is 6.17. The third-order valence-corrected chi connectivity index (χ3v) is 2.81. The van der Waals surface area contributed by atoms with E-state index in [1.165, 1.54) is 0 Å². The zero-order valence-electron chi connectivity index (χ0n) is 10.9. The summed E-state index contributed by atoms with van der Waals surface area (Å²) in [5.74, 6) is 0.820. The van der Waals surface area contributed by atoms with Crippen molar-refractivity contribution < 1.29 is 9.94 Å². The second kappa shape index (κ2) is 6.58. The minimum Gasteiger partial charge on any atom is -0.494 e. The fourth-order valence-corrected chi connectivity index (χ4v) is 1.71. The predicted molar refractivity (Wildman–Crippen MR) is 72.8 cm³/mol. The van der Waals surface area contributed by atoms with Crippen LogP contribution in [0.5, 0.6) is 5.75 Å². The van der Waals surface area contributed by atoms with Gasteiger partial charge >= 0.3 is 0 Å². The Hall–Kier alpha value is -2.30. The Morgan fingerprint density at radius 2 is 2.16 bits per heavy atom. The molecule has 0 saturated carbocycles. The van der Waals surface area contributed by atoms with E-state index in [1.54, 1.807) is 19.4 Å². The van der Waals surface area contributed by atoms with Crippen molar-refractivity contribution >= 4 is 5.71 Å². The largest absolute Gasteiger partial charge is 0.494 e. The molecule has 1 aromatic carbocycles. The van der Waals surface area contributed by atoms with Gasteiger partial charge in [-0.05, 0) is 43.2 Å². The van der Waals surface area contributed by atoms with Gasteiger partial charge < -0.3 is 14.5 Å². The number of imidazole rings is 1. The second-order valence-electron chi connectivity index (χ2n) is 4.21. The summed E-state index contributed by atoms with van der Waals surface area (Å²) in [6.07, 6.45) is 6.43. The zero-order chi connectivity index (χ0) is 13.5. The molecule has 0 atom stereocenters. The summed E-state index contributed by atoms with van der Waals surface area (Å²) in [5, 5.41) is 11.8. The number of hydrogen-bond acceptors (Lipinski definition) is 4. The normalized spacial score (nSPS) is 11.5. The van der Waals surface area contributed by atoms with Crippen molar-refractivity contribution in [1.29, 1.82) is 0 Å². The molecule has 2 rings (SSSR count). The number of oxime groups is 1. The van der Waals surface area contributed by atoms with Gasteiger partial charge in [0.15, 0.2) is 0 Å². The third kappa shape index (κ3) is 3.84. The molecule has 0 radical (unpaired) electrons. The molecule has 0 bridgehead atoms. The molecule has 1 aromatic heterocycles. The maximum absolute atomic E-state index is 8.67. The van der Waals surface area contributed by atoms with Crippen molar-refractivity contribution in [2.75, 3.05) is 6.61 Å². The molecule has 0 aliphatic heterocycles. The van der Waals surface area contributed by atoms with E-state index in [9.17, 15) is 0 Å². The molecule has 0 fully saturated rings. The molecule has 100 valence electrons. The van der Waals surface area contributed by atoms with Gasteiger partial charge in [0.1, 0.15) is 5.75 Å². The molecule has 1 heterocycles. The second-order valence-corrected chi connectivity index (χ2v) is 4.21. The maximum atomic E-state index is 8.67. The molecule has 0 aliphatic carbocycles. The van der Waals surface area contributed by atoms with E-state index in [0.29, 0.717) is 12.3 Å². The van der Waals surface area contributed by atoms with Crippen molar-refractivity contribution in [3.05, 3.63) is 48.5 Å². The third-order valence-electron chi connectivity index (χ3n) is 2.81. The molecule has 0 spiro atoms. The number of hydrogen-bond donors (Lipinski definition) is 1. The molecule has 19 heavy (non-hydrogen) atoms. The topological polar surface area (TPSA) is 59.6 Å². The first kappa shape index (κ1) is 13.1. The molecular weight excluding hydrogens is 242 g/mol. The Bertz CT molecular complexity index is 518. The van der Waals surface area contributed by atoms with Crippen molar-refractivity contribution in [2.24, 2.45) is 5.16 Å². The Morgan fingerprint density at radius 3 is 2.79 bits per heavy atom. The van der Waals surface area contributed by atoms with Crippen LogP contribution >= 0.6 is 0 Å². The highest BCUT2D eigenvalue weighted by Gasteiger charge is 1.99. The van der Waals surface area contributed by atoms with Crippen LogP contribution in [-0.2, 0) is 6.54 Å². The monoisotopic (exact) mass is 259 g/mol. The van der Waals surface area contributed by atoms with Crippen LogP contribution in [0, 0.1) is 0 Å². The van der Waals surface area contributed by atoms with Crippen LogP contribution in [0.1, 0.15) is 18.9 Å². The highest BCUT2D eigenvalue weighted by Crippen LogP contribution is 2.13. The number of rotatable bonds is 6. The zero-order valence-corrected chi connectivity index (χ0v) is 10.9. The molecule has 0 aliphatic rings. The van der Waals surface area contributed by atoms with E-state index in [2.05, 4.69) is 10.1 Å². The lowest BCUT2D eigenvalue weighted by molar-refractivity contribution is 0.301. The molecule has 0 unspecified atom stereocenters.